The van der Waals surface area contributed by atoms with Crippen LogP contribution in [0.2, 0.25) is 0 Å². The van der Waals surface area contributed by atoms with Gasteiger partial charge in [0.15, 0.2) is 0 Å². The van der Waals surface area contributed by atoms with Crippen molar-refractivity contribution in [2.45, 2.75) is 76.9 Å². The number of hydrogen-bond acceptors (Lipinski definition) is 4. The molecule has 3 heterocycles. The maximum atomic E-state index is 13.1. The Hall–Kier alpha value is -1.63. The Kier molecular flexibility index (Phi) is 5.55. The van der Waals surface area contributed by atoms with Gasteiger partial charge in [-0.25, -0.2) is 4.79 Å². The normalized spacial score (nSPS) is 24.6. The second-order valence-electron chi connectivity index (χ2n) is 8.18. The molecule has 0 aliphatic carbocycles. The lowest BCUT2D eigenvalue weighted by molar-refractivity contribution is -0.136. The molecule has 3 fully saturated rings. The first kappa shape index (κ1) is 19.1. The van der Waals surface area contributed by atoms with Gasteiger partial charge < -0.3 is 15.1 Å². The number of imide groups is 1. The van der Waals surface area contributed by atoms with Gasteiger partial charge in [0.1, 0.15) is 5.54 Å². The van der Waals surface area contributed by atoms with Crippen LogP contribution >= 0.6 is 0 Å². The number of urea groups is 1. The molecule has 3 rings (SSSR count). The monoisotopic (exact) mass is 364 g/mol. The fourth-order valence-electron chi connectivity index (χ4n) is 4.48. The number of nitrogens with one attached hydrogen (secondary N) is 1. The molecular weight excluding hydrogens is 332 g/mol. The van der Waals surface area contributed by atoms with Crippen LogP contribution in [0.15, 0.2) is 0 Å². The minimum absolute atomic E-state index is 0.0516. The van der Waals surface area contributed by atoms with Gasteiger partial charge in [0.05, 0.1) is 0 Å². The lowest BCUT2D eigenvalue weighted by Crippen LogP contribution is -2.56. The van der Waals surface area contributed by atoms with Gasteiger partial charge in [-0.15, -0.1) is 0 Å². The number of piperidine rings is 2. The molecule has 0 bridgehead atoms. The molecule has 1 N–H and O–H groups in total. The van der Waals surface area contributed by atoms with Crippen LogP contribution in [0, 0.1) is 0 Å². The molecule has 0 radical (unpaired) electrons. The van der Waals surface area contributed by atoms with E-state index in [2.05, 4.69) is 24.1 Å². The highest BCUT2D eigenvalue weighted by atomic mass is 16.2. The van der Waals surface area contributed by atoms with Crippen molar-refractivity contribution >= 4 is 17.8 Å². The summed E-state index contributed by atoms with van der Waals surface area (Å²) in [5, 5.41) is 3.01. The van der Waals surface area contributed by atoms with Crippen LogP contribution in [0.3, 0.4) is 0 Å². The van der Waals surface area contributed by atoms with Crippen molar-refractivity contribution in [2.75, 3.05) is 26.2 Å². The lowest BCUT2D eigenvalue weighted by Gasteiger charge is -2.40. The number of hydrogen-bond donors (Lipinski definition) is 1. The SMILES string of the molecule is CCCC(=O)N1CCC(N2C(=O)NC3(CCN(C(C)C)CC3)C2=O)CC1. The van der Waals surface area contributed by atoms with E-state index in [-0.39, 0.29) is 23.9 Å². The van der Waals surface area contributed by atoms with Crippen molar-refractivity contribution in [1.82, 2.24) is 20.0 Å². The van der Waals surface area contributed by atoms with Crippen LogP contribution in [0.1, 0.15) is 59.3 Å². The topological polar surface area (TPSA) is 73.0 Å². The van der Waals surface area contributed by atoms with E-state index in [1.807, 2.05) is 11.8 Å². The van der Waals surface area contributed by atoms with Crippen molar-refractivity contribution in [3.05, 3.63) is 0 Å². The summed E-state index contributed by atoms with van der Waals surface area (Å²) in [7, 11) is 0. The molecule has 0 aromatic rings. The highest BCUT2D eigenvalue weighted by Gasteiger charge is 2.54. The van der Waals surface area contributed by atoms with Crippen LogP contribution in [0.25, 0.3) is 0 Å². The van der Waals surface area contributed by atoms with Crippen molar-refractivity contribution in [3.63, 3.8) is 0 Å². The highest BCUT2D eigenvalue weighted by molar-refractivity contribution is 6.07. The third-order valence-corrected chi connectivity index (χ3v) is 6.22. The smallest absolute Gasteiger partial charge is 0.325 e. The second-order valence-corrected chi connectivity index (χ2v) is 8.18. The van der Waals surface area contributed by atoms with Crippen molar-refractivity contribution < 1.29 is 14.4 Å². The minimum atomic E-state index is -0.711. The zero-order valence-corrected chi connectivity index (χ0v) is 16.3. The summed E-state index contributed by atoms with van der Waals surface area (Å²) in [6, 6.07) is 0.127. The Balaban J connectivity index is 1.61. The molecule has 1 spiro atoms. The van der Waals surface area contributed by atoms with Gasteiger partial charge >= 0.3 is 6.03 Å². The average Bonchev–Trinajstić information content (AvgIpc) is 2.85. The molecule has 4 amide bonds. The summed E-state index contributed by atoms with van der Waals surface area (Å²) < 4.78 is 0. The summed E-state index contributed by atoms with van der Waals surface area (Å²) in [4.78, 5) is 43.5. The van der Waals surface area contributed by atoms with E-state index in [4.69, 9.17) is 0 Å². The van der Waals surface area contributed by atoms with Crippen LogP contribution < -0.4 is 5.32 Å². The number of likely N-dealkylation sites (tertiary alicyclic amines) is 2. The largest absolute Gasteiger partial charge is 0.343 e. The number of carbonyl (C=O) groups excluding carboxylic acids is 3. The van der Waals surface area contributed by atoms with E-state index in [0.717, 1.165) is 19.5 Å². The molecule has 3 aliphatic rings. The quantitative estimate of drug-likeness (QED) is 0.769. The Bertz CT molecular complexity index is 561. The standard InChI is InChI=1S/C19H32N4O3/c1-4-5-16(24)22-10-6-15(7-11-22)23-17(25)19(20-18(23)26)8-12-21(13-9-19)14(2)3/h14-15H,4-13H2,1-3H3,(H,20,26). The Morgan fingerprint density at radius 1 is 1.15 bits per heavy atom. The molecule has 7 heteroatoms. The third kappa shape index (κ3) is 3.46. The van der Waals surface area contributed by atoms with Crippen molar-refractivity contribution in [3.8, 4) is 0 Å². The molecule has 26 heavy (non-hydrogen) atoms. The Morgan fingerprint density at radius 3 is 2.31 bits per heavy atom. The molecule has 0 aromatic heterocycles. The van der Waals surface area contributed by atoms with Gasteiger partial charge in [-0.2, -0.15) is 0 Å². The van der Waals surface area contributed by atoms with Crippen LogP contribution in [-0.2, 0) is 9.59 Å². The van der Waals surface area contributed by atoms with E-state index in [1.165, 1.54) is 4.90 Å². The molecule has 146 valence electrons. The van der Waals surface area contributed by atoms with Crippen molar-refractivity contribution in [2.24, 2.45) is 0 Å². The fraction of sp³-hybridized carbons (Fsp3) is 0.842. The third-order valence-electron chi connectivity index (χ3n) is 6.22. The average molecular weight is 364 g/mol. The Labute approximate surface area is 156 Å². The minimum Gasteiger partial charge on any atom is -0.343 e. The zero-order valence-electron chi connectivity index (χ0n) is 16.3. The first-order chi connectivity index (χ1) is 12.4. The molecule has 0 unspecified atom stereocenters. The summed E-state index contributed by atoms with van der Waals surface area (Å²) in [5.41, 5.74) is -0.711. The van der Waals surface area contributed by atoms with Gasteiger partial charge in [0, 0.05) is 44.7 Å². The summed E-state index contributed by atoms with van der Waals surface area (Å²) in [5.74, 6) is 0.130. The molecule has 3 aliphatic heterocycles. The van der Waals surface area contributed by atoms with Gasteiger partial charge in [-0.1, -0.05) is 6.92 Å². The van der Waals surface area contributed by atoms with E-state index in [0.29, 0.717) is 51.2 Å². The predicted octanol–water partition coefficient (Wildman–Crippen LogP) is 1.57. The van der Waals surface area contributed by atoms with E-state index in [9.17, 15) is 14.4 Å². The first-order valence-corrected chi connectivity index (χ1v) is 10.1. The van der Waals surface area contributed by atoms with E-state index >= 15 is 0 Å². The molecule has 7 nitrogen and oxygen atoms in total. The van der Waals surface area contributed by atoms with Gasteiger partial charge in [-0.3, -0.25) is 14.5 Å². The van der Waals surface area contributed by atoms with Gasteiger partial charge in [-0.05, 0) is 46.0 Å². The fourth-order valence-corrected chi connectivity index (χ4v) is 4.48. The Morgan fingerprint density at radius 2 is 1.77 bits per heavy atom. The van der Waals surface area contributed by atoms with Gasteiger partial charge in [0.2, 0.25) is 5.91 Å². The summed E-state index contributed by atoms with van der Waals surface area (Å²) in [6.07, 6.45) is 4.15. The molecule has 0 atom stereocenters. The summed E-state index contributed by atoms with van der Waals surface area (Å²) >= 11 is 0. The molecule has 0 aromatic carbocycles. The second kappa shape index (κ2) is 7.55. The maximum absolute atomic E-state index is 13.1. The maximum Gasteiger partial charge on any atom is 0.325 e. The molecule has 3 saturated heterocycles. The summed E-state index contributed by atoms with van der Waals surface area (Å²) in [6.45, 7) is 9.26. The first-order valence-electron chi connectivity index (χ1n) is 10.1. The van der Waals surface area contributed by atoms with Crippen LogP contribution in [0.5, 0.6) is 0 Å². The lowest BCUT2D eigenvalue weighted by atomic mass is 9.86. The van der Waals surface area contributed by atoms with E-state index in [1.54, 1.807) is 0 Å². The highest BCUT2D eigenvalue weighted by Crippen LogP contribution is 2.33. The van der Waals surface area contributed by atoms with Gasteiger partial charge in [0.25, 0.3) is 5.91 Å². The number of rotatable bonds is 4. The van der Waals surface area contributed by atoms with Crippen LogP contribution in [0.4, 0.5) is 4.79 Å². The van der Waals surface area contributed by atoms with Crippen LogP contribution in [-0.4, -0.2) is 76.3 Å². The number of nitrogens with zero attached hydrogens (tertiary/aromatic N) is 3. The predicted molar refractivity (Wildman–Crippen MR) is 98.6 cm³/mol. The van der Waals surface area contributed by atoms with Crippen molar-refractivity contribution in [1.29, 1.82) is 0 Å². The number of amides is 4. The number of carbonyl (C=O) groups is 3. The molecular formula is C19H32N4O3. The zero-order chi connectivity index (χ0) is 18.9. The van der Waals surface area contributed by atoms with E-state index < -0.39 is 5.54 Å². The molecule has 0 saturated carbocycles.